The molecule has 0 unspecified atom stereocenters. The average Bonchev–Trinajstić information content (AvgIpc) is 2.93. The molecule has 4 aromatic rings. The van der Waals surface area contributed by atoms with E-state index in [1.807, 2.05) is 30.3 Å². The van der Waals surface area contributed by atoms with Crippen LogP contribution in [-0.2, 0) is 9.53 Å². The van der Waals surface area contributed by atoms with Gasteiger partial charge < -0.3 is 24.8 Å². The monoisotopic (exact) mass is 496 g/mol. The molecule has 0 fully saturated rings. The van der Waals surface area contributed by atoms with E-state index in [2.05, 4.69) is 10.6 Å². The van der Waals surface area contributed by atoms with Gasteiger partial charge in [0.15, 0.2) is 6.61 Å². The molecule has 2 amide bonds. The van der Waals surface area contributed by atoms with E-state index < -0.39 is 18.5 Å². The van der Waals surface area contributed by atoms with Crippen LogP contribution in [0.2, 0.25) is 0 Å². The molecule has 0 aliphatic rings. The number of rotatable bonds is 9. The largest absolute Gasteiger partial charge is 0.495 e. The first kappa shape index (κ1) is 25.0. The molecule has 0 heterocycles. The van der Waals surface area contributed by atoms with Crippen molar-refractivity contribution in [2.24, 2.45) is 0 Å². The second-order valence-corrected chi connectivity index (χ2v) is 7.80. The number of amides is 2. The number of benzene rings is 4. The van der Waals surface area contributed by atoms with Crippen LogP contribution in [-0.4, -0.2) is 31.5 Å². The molecule has 4 rings (SSSR count). The SMILES string of the molecule is COc1ccccc1NC(=O)c1ccc(NC(=O)COC(=O)c2ccc(Oc3ccccc3)cc2)cc1. The number of para-hydroxylation sites is 3. The fourth-order valence-corrected chi connectivity index (χ4v) is 3.34. The van der Waals surface area contributed by atoms with Gasteiger partial charge >= 0.3 is 5.97 Å². The van der Waals surface area contributed by atoms with Crippen molar-refractivity contribution in [2.75, 3.05) is 24.4 Å². The van der Waals surface area contributed by atoms with E-state index in [1.165, 1.54) is 7.11 Å². The molecular weight excluding hydrogens is 472 g/mol. The van der Waals surface area contributed by atoms with Crippen molar-refractivity contribution in [3.63, 3.8) is 0 Å². The van der Waals surface area contributed by atoms with Crippen molar-refractivity contribution in [1.29, 1.82) is 0 Å². The lowest BCUT2D eigenvalue weighted by Gasteiger charge is -2.10. The van der Waals surface area contributed by atoms with Crippen molar-refractivity contribution < 1.29 is 28.6 Å². The van der Waals surface area contributed by atoms with Crippen LogP contribution < -0.4 is 20.1 Å². The first-order valence-electron chi connectivity index (χ1n) is 11.4. The number of carbonyl (C=O) groups excluding carboxylic acids is 3. The summed E-state index contributed by atoms with van der Waals surface area (Å²) in [7, 11) is 1.53. The van der Waals surface area contributed by atoms with Gasteiger partial charge in [-0.05, 0) is 72.8 Å². The second kappa shape index (κ2) is 12.0. The molecule has 0 radical (unpaired) electrons. The Morgan fingerprint density at radius 2 is 1.30 bits per heavy atom. The molecule has 0 aliphatic carbocycles. The number of esters is 1. The zero-order chi connectivity index (χ0) is 26.0. The van der Waals surface area contributed by atoms with Gasteiger partial charge in [0.1, 0.15) is 17.2 Å². The van der Waals surface area contributed by atoms with Gasteiger partial charge in [-0.15, -0.1) is 0 Å². The summed E-state index contributed by atoms with van der Waals surface area (Å²) >= 11 is 0. The molecule has 0 saturated carbocycles. The lowest BCUT2D eigenvalue weighted by molar-refractivity contribution is -0.119. The van der Waals surface area contributed by atoms with Crippen molar-refractivity contribution in [2.45, 2.75) is 0 Å². The van der Waals surface area contributed by atoms with Crippen LogP contribution in [0.4, 0.5) is 11.4 Å². The number of nitrogens with one attached hydrogen (secondary N) is 2. The smallest absolute Gasteiger partial charge is 0.338 e. The van der Waals surface area contributed by atoms with Gasteiger partial charge in [0.25, 0.3) is 11.8 Å². The second-order valence-electron chi connectivity index (χ2n) is 7.80. The summed E-state index contributed by atoms with van der Waals surface area (Å²) in [6.07, 6.45) is 0. The minimum Gasteiger partial charge on any atom is -0.495 e. The predicted molar refractivity (Wildman–Crippen MR) is 139 cm³/mol. The minimum absolute atomic E-state index is 0.290. The molecule has 0 aromatic heterocycles. The molecule has 0 spiro atoms. The number of methoxy groups -OCH3 is 1. The summed E-state index contributed by atoms with van der Waals surface area (Å²) in [5.41, 5.74) is 1.69. The molecular formula is C29H24N2O6. The van der Waals surface area contributed by atoms with E-state index in [9.17, 15) is 14.4 Å². The number of hydrogen-bond donors (Lipinski definition) is 2. The Morgan fingerprint density at radius 1 is 0.676 bits per heavy atom. The summed E-state index contributed by atoms with van der Waals surface area (Å²) < 4.78 is 16.0. The van der Waals surface area contributed by atoms with Gasteiger partial charge in [0.2, 0.25) is 0 Å². The third-order valence-corrected chi connectivity index (χ3v) is 5.19. The molecule has 0 bridgehead atoms. The molecule has 0 aliphatic heterocycles. The van der Waals surface area contributed by atoms with Gasteiger partial charge in [-0.2, -0.15) is 0 Å². The topological polar surface area (TPSA) is 103 Å². The van der Waals surface area contributed by atoms with Crippen molar-refractivity contribution in [3.05, 3.63) is 114 Å². The van der Waals surface area contributed by atoms with Crippen LogP contribution >= 0.6 is 0 Å². The molecule has 37 heavy (non-hydrogen) atoms. The van der Waals surface area contributed by atoms with Crippen molar-refractivity contribution in [3.8, 4) is 17.2 Å². The van der Waals surface area contributed by atoms with E-state index in [-0.39, 0.29) is 5.91 Å². The summed E-state index contributed by atoms with van der Waals surface area (Å²) in [4.78, 5) is 37.0. The minimum atomic E-state index is -0.634. The van der Waals surface area contributed by atoms with Crippen LogP contribution in [0, 0.1) is 0 Å². The highest BCUT2D eigenvalue weighted by molar-refractivity contribution is 6.05. The van der Waals surface area contributed by atoms with Crippen LogP contribution in [0.25, 0.3) is 0 Å². The predicted octanol–water partition coefficient (Wildman–Crippen LogP) is 5.54. The van der Waals surface area contributed by atoms with Gasteiger partial charge in [0.05, 0.1) is 18.4 Å². The zero-order valence-corrected chi connectivity index (χ0v) is 20.0. The first-order valence-corrected chi connectivity index (χ1v) is 11.4. The van der Waals surface area contributed by atoms with Crippen LogP contribution in [0.15, 0.2) is 103 Å². The van der Waals surface area contributed by atoms with Crippen LogP contribution in [0.5, 0.6) is 17.2 Å². The highest BCUT2D eigenvalue weighted by atomic mass is 16.5. The fourth-order valence-electron chi connectivity index (χ4n) is 3.34. The summed E-state index contributed by atoms with van der Waals surface area (Å²) in [5, 5.41) is 5.42. The normalized spacial score (nSPS) is 10.2. The third-order valence-electron chi connectivity index (χ3n) is 5.19. The van der Waals surface area contributed by atoms with E-state index in [4.69, 9.17) is 14.2 Å². The number of ether oxygens (including phenoxy) is 3. The van der Waals surface area contributed by atoms with E-state index in [0.29, 0.717) is 39.8 Å². The average molecular weight is 497 g/mol. The van der Waals surface area contributed by atoms with Crippen molar-refractivity contribution >= 4 is 29.2 Å². The fraction of sp³-hybridized carbons (Fsp3) is 0.0690. The Morgan fingerprint density at radius 3 is 2.00 bits per heavy atom. The first-order chi connectivity index (χ1) is 18.0. The summed E-state index contributed by atoms with van der Waals surface area (Å²) in [6, 6.07) is 29.1. The van der Waals surface area contributed by atoms with E-state index >= 15 is 0 Å². The Labute approximate surface area is 213 Å². The lowest BCUT2D eigenvalue weighted by Crippen LogP contribution is -2.21. The molecule has 2 N–H and O–H groups in total. The number of hydrogen-bond acceptors (Lipinski definition) is 6. The van der Waals surface area contributed by atoms with Crippen molar-refractivity contribution in [1.82, 2.24) is 0 Å². The highest BCUT2D eigenvalue weighted by Gasteiger charge is 2.12. The molecule has 0 saturated heterocycles. The Balaban J connectivity index is 1.25. The Kier molecular flexibility index (Phi) is 8.13. The van der Waals surface area contributed by atoms with E-state index in [0.717, 1.165) is 0 Å². The molecule has 4 aromatic carbocycles. The lowest BCUT2D eigenvalue weighted by atomic mass is 10.2. The van der Waals surface area contributed by atoms with Crippen LogP contribution in [0.1, 0.15) is 20.7 Å². The standard InChI is InChI=1S/C29H24N2O6/c1-35-26-10-6-5-9-25(26)31-28(33)20-11-15-22(16-12-20)30-27(32)19-36-29(34)21-13-17-24(18-14-21)37-23-7-3-2-4-8-23/h2-18H,19H2,1H3,(H,30,32)(H,31,33). The maximum absolute atomic E-state index is 12.5. The zero-order valence-electron chi connectivity index (χ0n) is 20.0. The number of anilines is 2. The Hall–Kier alpha value is -5.11. The Bertz CT molecular complexity index is 1370. The number of carbonyl (C=O) groups is 3. The molecule has 8 nitrogen and oxygen atoms in total. The molecule has 8 heteroatoms. The quantitative estimate of drug-likeness (QED) is 0.295. The summed E-state index contributed by atoms with van der Waals surface area (Å²) in [5.74, 6) is 0.329. The van der Waals surface area contributed by atoms with Gasteiger partial charge in [-0.3, -0.25) is 9.59 Å². The summed E-state index contributed by atoms with van der Waals surface area (Å²) in [6.45, 7) is -0.461. The van der Waals surface area contributed by atoms with Gasteiger partial charge in [0, 0.05) is 11.3 Å². The molecule has 0 atom stereocenters. The maximum Gasteiger partial charge on any atom is 0.338 e. The van der Waals surface area contributed by atoms with Gasteiger partial charge in [-0.25, -0.2) is 4.79 Å². The van der Waals surface area contributed by atoms with Crippen LogP contribution in [0.3, 0.4) is 0 Å². The molecule has 186 valence electrons. The third kappa shape index (κ3) is 6.95. The maximum atomic E-state index is 12.5. The van der Waals surface area contributed by atoms with E-state index in [1.54, 1.807) is 72.8 Å². The van der Waals surface area contributed by atoms with Gasteiger partial charge in [-0.1, -0.05) is 30.3 Å². The highest BCUT2D eigenvalue weighted by Crippen LogP contribution is 2.24.